The molecule has 0 bridgehead atoms. The van der Waals surface area contributed by atoms with Crippen molar-refractivity contribution >= 4 is 5.91 Å². The van der Waals surface area contributed by atoms with Crippen LogP contribution in [0.1, 0.15) is 53.5 Å². The SMILES string of the molecule is CCn1c(CO)nnc1C1CC(NC(=O)c2ccc(-c3ccc(C)o3)cc2)C1. The van der Waals surface area contributed by atoms with Crippen LogP contribution in [-0.2, 0) is 13.2 Å². The molecule has 0 saturated heterocycles. The molecule has 146 valence electrons. The highest BCUT2D eigenvalue weighted by Gasteiger charge is 2.35. The van der Waals surface area contributed by atoms with E-state index in [1.165, 1.54) is 0 Å². The first-order valence-corrected chi connectivity index (χ1v) is 9.59. The minimum atomic E-state index is -0.110. The molecule has 1 saturated carbocycles. The zero-order valence-electron chi connectivity index (χ0n) is 16.1. The molecular formula is C21H24N4O3. The first-order valence-electron chi connectivity index (χ1n) is 9.59. The van der Waals surface area contributed by atoms with Crippen molar-refractivity contribution in [1.29, 1.82) is 0 Å². The number of hydrogen-bond donors (Lipinski definition) is 2. The Balaban J connectivity index is 1.35. The van der Waals surface area contributed by atoms with Crippen molar-refractivity contribution < 1.29 is 14.3 Å². The second-order valence-corrected chi connectivity index (χ2v) is 7.20. The number of amides is 1. The van der Waals surface area contributed by atoms with Crippen LogP contribution in [0.15, 0.2) is 40.8 Å². The fraction of sp³-hybridized carbons (Fsp3) is 0.381. The lowest BCUT2D eigenvalue weighted by Crippen LogP contribution is -2.44. The molecule has 1 fully saturated rings. The summed E-state index contributed by atoms with van der Waals surface area (Å²) in [5.74, 6) is 3.35. The van der Waals surface area contributed by atoms with E-state index >= 15 is 0 Å². The van der Waals surface area contributed by atoms with Crippen LogP contribution in [-0.4, -0.2) is 31.8 Å². The number of aliphatic hydroxyl groups excluding tert-OH is 1. The second-order valence-electron chi connectivity index (χ2n) is 7.20. The lowest BCUT2D eigenvalue weighted by molar-refractivity contribution is 0.0906. The Labute approximate surface area is 163 Å². The number of aliphatic hydroxyl groups is 1. The fourth-order valence-corrected chi connectivity index (χ4v) is 3.70. The molecule has 28 heavy (non-hydrogen) atoms. The largest absolute Gasteiger partial charge is 0.461 e. The number of aryl methyl sites for hydroxylation is 1. The van der Waals surface area contributed by atoms with Gasteiger partial charge >= 0.3 is 0 Å². The molecule has 2 aromatic heterocycles. The Kier molecular flexibility index (Phi) is 5.00. The lowest BCUT2D eigenvalue weighted by Gasteiger charge is -2.35. The van der Waals surface area contributed by atoms with Gasteiger partial charge in [0.15, 0.2) is 5.82 Å². The van der Waals surface area contributed by atoms with Crippen molar-refractivity contribution in [3.63, 3.8) is 0 Å². The van der Waals surface area contributed by atoms with Gasteiger partial charge in [0.25, 0.3) is 5.91 Å². The van der Waals surface area contributed by atoms with Gasteiger partial charge in [-0.3, -0.25) is 4.79 Å². The highest BCUT2D eigenvalue weighted by Crippen LogP contribution is 2.36. The van der Waals surface area contributed by atoms with Crippen LogP contribution in [0, 0.1) is 6.92 Å². The molecule has 0 spiro atoms. The van der Waals surface area contributed by atoms with E-state index < -0.39 is 0 Å². The van der Waals surface area contributed by atoms with E-state index in [-0.39, 0.29) is 24.5 Å². The van der Waals surface area contributed by atoms with Gasteiger partial charge in [0.1, 0.15) is 24.0 Å². The molecule has 4 rings (SSSR count). The smallest absolute Gasteiger partial charge is 0.251 e. The molecule has 7 nitrogen and oxygen atoms in total. The van der Waals surface area contributed by atoms with E-state index in [0.717, 1.165) is 42.3 Å². The van der Waals surface area contributed by atoms with Crippen LogP contribution < -0.4 is 5.32 Å². The van der Waals surface area contributed by atoms with E-state index in [4.69, 9.17) is 4.42 Å². The maximum Gasteiger partial charge on any atom is 0.251 e. The predicted molar refractivity (Wildman–Crippen MR) is 104 cm³/mol. The number of carbonyl (C=O) groups is 1. The van der Waals surface area contributed by atoms with E-state index in [1.807, 2.05) is 54.8 Å². The summed E-state index contributed by atoms with van der Waals surface area (Å²) in [4.78, 5) is 12.5. The Morgan fingerprint density at radius 2 is 1.96 bits per heavy atom. The van der Waals surface area contributed by atoms with Gasteiger partial charge in [-0.1, -0.05) is 12.1 Å². The Hall–Kier alpha value is -2.93. The van der Waals surface area contributed by atoms with Gasteiger partial charge in [-0.25, -0.2) is 0 Å². The summed E-state index contributed by atoms with van der Waals surface area (Å²) >= 11 is 0. The van der Waals surface area contributed by atoms with Crippen molar-refractivity contribution in [2.75, 3.05) is 0 Å². The molecular weight excluding hydrogens is 356 g/mol. The number of benzene rings is 1. The van der Waals surface area contributed by atoms with E-state index in [1.54, 1.807) is 0 Å². The molecule has 1 aromatic carbocycles. The minimum Gasteiger partial charge on any atom is -0.461 e. The highest BCUT2D eigenvalue weighted by atomic mass is 16.3. The van der Waals surface area contributed by atoms with Crippen molar-refractivity contribution in [3.8, 4) is 11.3 Å². The Bertz CT molecular complexity index is 968. The molecule has 0 radical (unpaired) electrons. The van der Waals surface area contributed by atoms with E-state index in [0.29, 0.717) is 11.4 Å². The maximum atomic E-state index is 12.5. The maximum absolute atomic E-state index is 12.5. The lowest BCUT2D eigenvalue weighted by atomic mass is 9.79. The van der Waals surface area contributed by atoms with Crippen molar-refractivity contribution in [2.24, 2.45) is 0 Å². The number of carbonyl (C=O) groups excluding carboxylic acids is 1. The Morgan fingerprint density at radius 1 is 1.21 bits per heavy atom. The van der Waals surface area contributed by atoms with Crippen LogP contribution in [0.4, 0.5) is 0 Å². The van der Waals surface area contributed by atoms with Gasteiger partial charge in [0.2, 0.25) is 0 Å². The molecule has 2 heterocycles. The van der Waals surface area contributed by atoms with Gasteiger partial charge in [-0.2, -0.15) is 0 Å². The molecule has 3 aromatic rings. The summed E-state index contributed by atoms with van der Waals surface area (Å²) < 4.78 is 7.57. The zero-order valence-corrected chi connectivity index (χ0v) is 16.1. The fourth-order valence-electron chi connectivity index (χ4n) is 3.70. The van der Waals surface area contributed by atoms with Crippen LogP contribution >= 0.6 is 0 Å². The quantitative estimate of drug-likeness (QED) is 0.686. The standard InChI is InChI=1S/C21H24N4O3/c1-3-25-19(12-26)23-24-20(25)16-10-17(11-16)22-21(27)15-7-5-14(6-8-15)18-9-4-13(2)28-18/h4-9,16-17,26H,3,10-12H2,1-2H3,(H,22,27). The summed E-state index contributed by atoms with van der Waals surface area (Å²) in [6, 6.07) is 11.4. The van der Waals surface area contributed by atoms with Gasteiger partial charge in [-0.15, -0.1) is 10.2 Å². The molecule has 2 N–H and O–H groups in total. The molecule has 1 aliphatic rings. The number of rotatable bonds is 6. The van der Waals surface area contributed by atoms with Crippen molar-refractivity contribution in [3.05, 3.63) is 59.4 Å². The number of furan rings is 1. The third-order valence-electron chi connectivity index (χ3n) is 5.32. The summed E-state index contributed by atoms with van der Waals surface area (Å²) in [5.41, 5.74) is 1.58. The van der Waals surface area contributed by atoms with E-state index in [2.05, 4.69) is 15.5 Å². The molecule has 1 aliphatic carbocycles. The first-order chi connectivity index (χ1) is 13.6. The number of aromatic nitrogens is 3. The Morgan fingerprint density at radius 3 is 2.57 bits per heavy atom. The van der Waals surface area contributed by atoms with Gasteiger partial charge in [-0.05, 0) is 51.0 Å². The molecule has 0 unspecified atom stereocenters. The average molecular weight is 380 g/mol. The number of nitrogens with zero attached hydrogens (tertiary/aromatic N) is 3. The summed E-state index contributed by atoms with van der Waals surface area (Å²) in [6.07, 6.45) is 1.66. The third-order valence-corrected chi connectivity index (χ3v) is 5.32. The number of nitrogens with one attached hydrogen (secondary N) is 1. The molecule has 7 heteroatoms. The van der Waals surface area contributed by atoms with Crippen LogP contribution in [0.25, 0.3) is 11.3 Å². The monoisotopic (exact) mass is 380 g/mol. The first kappa shape index (κ1) is 18.4. The number of hydrogen-bond acceptors (Lipinski definition) is 5. The average Bonchev–Trinajstić information content (AvgIpc) is 3.29. The summed E-state index contributed by atoms with van der Waals surface area (Å²) in [5, 5.41) is 20.7. The van der Waals surface area contributed by atoms with Crippen LogP contribution in [0.5, 0.6) is 0 Å². The molecule has 0 aliphatic heterocycles. The van der Waals surface area contributed by atoms with Crippen LogP contribution in [0.2, 0.25) is 0 Å². The third kappa shape index (κ3) is 3.45. The summed E-state index contributed by atoms with van der Waals surface area (Å²) in [7, 11) is 0. The van der Waals surface area contributed by atoms with Crippen molar-refractivity contribution in [2.45, 2.75) is 51.8 Å². The second kappa shape index (κ2) is 7.59. The topological polar surface area (TPSA) is 93.2 Å². The zero-order chi connectivity index (χ0) is 19.7. The van der Waals surface area contributed by atoms with Gasteiger partial charge in [0.05, 0.1) is 0 Å². The van der Waals surface area contributed by atoms with Gasteiger partial charge in [0, 0.05) is 29.6 Å². The normalized spacial score (nSPS) is 18.7. The highest BCUT2D eigenvalue weighted by molar-refractivity contribution is 5.94. The van der Waals surface area contributed by atoms with Gasteiger partial charge < -0.3 is 19.4 Å². The van der Waals surface area contributed by atoms with E-state index in [9.17, 15) is 9.90 Å². The van der Waals surface area contributed by atoms with Crippen molar-refractivity contribution in [1.82, 2.24) is 20.1 Å². The minimum absolute atomic E-state index is 0.0707. The van der Waals surface area contributed by atoms with Crippen LogP contribution in [0.3, 0.4) is 0 Å². The molecule has 0 atom stereocenters. The summed E-state index contributed by atoms with van der Waals surface area (Å²) in [6.45, 7) is 4.54. The predicted octanol–water partition coefficient (Wildman–Crippen LogP) is 3.03. The molecule has 1 amide bonds.